The van der Waals surface area contributed by atoms with Gasteiger partial charge in [-0.05, 0) is 27.3 Å². The van der Waals surface area contributed by atoms with E-state index in [1.807, 2.05) is 0 Å². The highest BCUT2D eigenvalue weighted by molar-refractivity contribution is 4.66. The van der Waals surface area contributed by atoms with E-state index in [2.05, 4.69) is 32.7 Å². The summed E-state index contributed by atoms with van der Waals surface area (Å²) in [6, 6.07) is 0.963. The molecule has 0 rings (SSSR count). The summed E-state index contributed by atoms with van der Waals surface area (Å²) in [5.74, 6) is 0. The van der Waals surface area contributed by atoms with Gasteiger partial charge in [0.05, 0.1) is 0 Å². The van der Waals surface area contributed by atoms with Crippen LogP contribution < -0.4 is 5.73 Å². The van der Waals surface area contributed by atoms with Crippen LogP contribution in [0.15, 0.2) is 0 Å². The van der Waals surface area contributed by atoms with Crippen molar-refractivity contribution in [2.24, 2.45) is 5.73 Å². The van der Waals surface area contributed by atoms with Crippen molar-refractivity contribution in [1.82, 2.24) is 4.90 Å². The molecule has 0 heterocycles. The fourth-order valence-electron chi connectivity index (χ4n) is 1.27. The van der Waals surface area contributed by atoms with Crippen LogP contribution in [0.3, 0.4) is 0 Å². The topological polar surface area (TPSA) is 29.3 Å². The van der Waals surface area contributed by atoms with Gasteiger partial charge in [0.25, 0.3) is 0 Å². The van der Waals surface area contributed by atoms with E-state index in [4.69, 9.17) is 5.73 Å². The Hall–Kier alpha value is -0.0800. The smallest absolute Gasteiger partial charge is 0.0139 e. The number of hydrogen-bond acceptors (Lipinski definition) is 2. The van der Waals surface area contributed by atoms with Gasteiger partial charge in [-0.2, -0.15) is 0 Å². The molecule has 0 aromatic heterocycles. The fourth-order valence-corrected chi connectivity index (χ4v) is 1.27. The second kappa shape index (κ2) is 5.56. The molecular formula is C9H22N2. The Balaban J connectivity index is 3.54. The van der Waals surface area contributed by atoms with E-state index < -0.39 is 0 Å². The molecule has 0 amide bonds. The van der Waals surface area contributed by atoms with E-state index in [1.165, 1.54) is 12.8 Å². The maximum Gasteiger partial charge on any atom is 0.0139 e. The van der Waals surface area contributed by atoms with Gasteiger partial charge in [-0.1, -0.05) is 13.3 Å². The number of nitrogens with zero attached hydrogens (tertiary/aromatic N) is 1. The third-order valence-electron chi connectivity index (χ3n) is 2.03. The molecule has 0 spiro atoms. The molecule has 2 heteroatoms. The summed E-state index contributed by atoms with van der Waals surface area (Å²) in [6.07, 6.45) is 2.52. The summed E-state index contributed by atoms with van der Waals surface area (Å²) in [4.78, 5) is 2.33. The standard InChI is InChI=1S/C9H22N2/c1-5-6-9(3)11(4)7-8(2)10/h8-9H,5-7,10H2,1-4H3. The normalized spacial score (nSPS) is 16.9. The van der Waals surface area contributed by atoms with E-state index in [1.54, 1.807) is 0 Å². The lowest BCUT2D eigenvalue weighted by Gasteiger charge is -2.25. The zero-order valence-electron chi connectivity index (χ0n) is 8.30. The molecular weight excluding hydrogens is 136 g/mol. The van der Waals surface area contributed by atoms with Crippen LogP contribution in [0.25, 0.3) is 0 Å². The Kier molecular flexibility index (Phi) is 5.51. The number of likely N-dealkylation sites (N-methyl/N-ethyl adjacent to an activating group) is 1. The lowest BCUT2D eigenvalue weighted by atomic mass is 10.1. The van der Waals surface area contributed by atoms with Crippen LogP contribution in [0.1, 0.15) is 33.6 Å². The number of nitrogens with two attached hydrogens (primary N) is 1. The van der Waals surface area contributed by atoms with Crippen LogP contribution in [-0.2, 0) is 0 Å². The van der Waals surface area contributed by atoms with Crippen LogP contribution in [0.2, 0.25) is 0 Å². The maximum absolute atomic E-state index is 5.69. The first-order chi connectivity index (χ1) is 5.07. The average molecular weight is 158 g/mol. The van der Waals surface area contributed by atoms with Crippen molar-refractivity contribution < 1.29 is 0 Å². The van der Waals surface area contributed by atoms with E-state index in [0.29, 0.717) is 12.1 Å². The zero-order valence-corrected chi connectivity index (χ0v) is 8.30. The molecule has 0 aliphatic carbocycles. The predicted molar refractivity (Wildman–Crippen MR) is 50.6 cm³/mol. The first-order valence-electron chi connectivity index (χ1n) is 4.53. The van der Waals surface area contributed by atoms with Crippen molar-refractivity contribution in [2.45, 2.75) is 45.7 Å². The van der Waals surface area contributed by atoms with Crippen molar-refractivity contribution in [3.63, 3.8) is 0 Å². The largest absolute Gasteiger partial charge is 0.327 e. The van der Waals surface area contributed by atoms with Gasteiger partial charge in [0.1, 0.15) is 0 Å². The summed E-state index contributed by atoms with van der Waals surface area (Å²) < 4.78 is 0. The van der Waals surface area contributed by atoms with Crippen LogP contribution in [-0.4, -0.2) is 30.6 Å². The molecule has 0 aliphatic rings. The van der Waals surface area contributed by atoms with Crippen molar-refractivity contribution in [1.29, 1.82) is 0 Å². The fraction of sp³-hybridized carbons (Fsp3) is 1.00. The van der Waals surface area contributed by atoms with E-state index in [0.717, 1.165) is 6.54 Å². The van der Waals surface area contributed by atoms with E-state index in [9.17, 15) is 0 Å². The van der Waals surface area contributed by atoms with Gasteiger partial charge in [0.15, 0.2) is 0 Å². The molecule has 2 unspecified atom stereocenters. The van der Waals surface area contributed by atoms with Gasteiger partial charge in [0, 0.05) is 18.6 Å². The highest BCUT2D eigenvalue weighted by atomic mass is 15.1. The van der Waals surface area contributed by atoms with Crippen molar-refractivity contribution in [2.75, 3.05) is 13.6 Å². The summed E-state index contributed by atoms with van der Waals surface area (Å²) in [5.41, 5.74) is 5.69. The van der Waals surface area contributed by atoms with Crippen molar-refractivity contribution in [3.8, 4) is 0 Å². The van der Waals surface area contributed by atoms with E-state index >= 15 is 0 Å². The number of hydrogen-bond donors (Lipinski definition) is 1. The summed E-state index contributed by atoms with van der Waals surface area (Å²) >= 11 is 0. The molecule has 2 nitrogen and oxygen atoms in total. The summed E-state index contributed by atoms with van der Waals surface area (Å²) in [6.45, 7) is 7.53. The van der Waals surface area contributed by atoms with Gasteiger partial charge in [-0.3, -0.25) is 0 Å². The van der Waals surface area contributed by atoms with Crippen molar-refractivity contribution >= 4 is 0 Å². The van der Waals surface area contributed by atoms with Crippen LogP contribution in [0, 0.1) is 0 Å². The van der Waals surface area contributed by atoms with Gasteiger partial charge in [-0.15, -0.1) is 0 Å². The Labute approximate surface area is 70.8 Å². The maximum atomic E-state index is 5.69. The molecule has 68 valence electrons. The van der Waals surface area contributed by atoms with Gasteiger partial charge >= 0.3 is 0 Å². The third-order valence-corrected chi connectivity index (χ3v) is 2.03. The summed E-state index contributed by atoms with van der Waals surface area (Å²) in [5, 5.41) is 0. The summed E-state index contributed by atoms with van der Waals surface area (Å²) in [7, 11) is 2.14. The predicted octanol–water partition coefficient (Wildman–Crippen LogP) is 1.45. The van der Waals surface area contributed by atoms with Crippen LogP contribution in [0.5, 0.6) is 0 Å². The number of rotatable bonds is 5. The van der Waals surface area contributed by atoms with Crippen molar-refractivity contribution in [3.05, 3.63) is 0 Å². The Bertz CT molecular complexity index is 91.6. The molecule has 0 fully saturated rings. The highest BCUT2D eigenvalue weighted by Crippen LogP contribution is 2.03. The molecule has 2 N–H and O–H groups in total. The van der Waals surface area contributed by atoms with Crippen LogP contribution >= 0.6 is 0 Å². The second-order valence-electron chi connectivity index (χ2n) is 3.55. The molecule has 0 aliphatic heterocycles. The first-order valence-corrected chi connectivity index (χ1v) is 4.53. The lowest BCUT2D eigenvalue weighted by molar-refractivity contribution is 0.234. The second-order valence-corrected chi connectivity index (χ2v) is 3.55. The Morgan fingerprint density at radius 2 is 1.91 bits per heavy atom. The van der Waals surface area contributed by atoms with Gasteiger partial charge in [0.2, 0.25) is 0 Å². The molecule has 0 saturated carbocycles. The highest BCUT2D eigenvalue weighted by Gasteiger charge is 2.08. The quantitative estimate of drug-likeness (QED) is 0.656. The minimum absolute atomic E-state index is 0.291. The molecule has 2 atom stereocenters. The SMILES string of the molecule is CCCC(C)N(C)CC(C)N. The molecule has 0 aromatic rings. The molecule has 0 aromatic carbocycles. The molecule has 11 heavy (non-hydrogen) atoms. The van der Waals surface area contributed by atoms with Gasteiger partial charge in [-0.25, -0.2) is 0 Å². The Morgan fingerprint density at radius 3 is 2.27 bits per heavy atom. The van der Waals surface area contributed by atoms with E-state index in [-0.39, 0.29) is 0 Å². The third kappa shape index (κ3) is 5.22. The minimum atomic E-state index is 0.291. The lowest BCUT2D eigenvalue weighted by Crippen LogP contribution is -2.38. The molecule has 0 bridgehead atoms. The Morgan fingerprint density at radius 1 is 1.36 bits per heavy atom. The molecule has 0 radical (unpaired) electrons. The van der Waals surface area contributed by atoms with Crippen LogP contribution in [0.4, 0.5) is 0 Å². The monoisotopic (exact) mass is 158 g/mol. The minimum Gasteiger partial charge on any atom is -0.327 e. The first kappa shape index (κ1) is 10.9. The average Bonchev–Trinajstić information content (AvgIpc) is 1.86. The zero-order chi connectivity index (χ0) is 8.85. The molecule has 0 saturated heterocycles. The van der Waals surface area contributed by atoms with Gasteiger partial charge < -0.3 is 10.6 Å².